The zero-order valence-corrected chi connectivity index (χ0v) is 13.0. The maximum absolute atomic E-state index is 12.5. The second-order valence-electron chi connectivity index (χ2n) is 5.87. The summed E-state index contributed by atoms with van der Waals surface area (Å²) in [6.07, 6.45) is 6.69. The van der Waals surface area contributed by atoms with E-state index in [1.165, 1.54) is 25.8 Å². The van der Waals surface area contributed by atoms with Crippen LogP contribution in [-0.2, 0) is 4.79 Å². The van der Waals surface area contributed by atoms with Gasteiger partial charge in [0, 0.05) is 25.2 Å². The molecule has 3 atom stereocenters. The van der Waals surface area contributed by atoms with E-state index in [1.807, 2.05) is 4.90 Å². The Morgan fingerprint density at radius 2 is 2.21 bits per heavy atom. The van der Waals surface area contributed by atoms with Crippen molar-refractivity contribution in [3.05, 3.63) is 0 Å². The molecule has 0 bridgehead atoms. The van der Waals surface area contributed by atoms with Crippen molar-refractivity contribution in [1.29, 1.82) is 0 Å². The fraction of sp³-hybridized carbons (Fsp3) is 0.929. The van der Waals surface area contributed by atoms with E-state index in [0.29, 0.717) is 12.1 Å². The molecule has 0 radical (unpaired) electrons. The topological polar surface area (TPSA) is 49.6 Å². The summed E-state index contributed by atoms with van der Waals surface area (Å²) in [7, 11) is 0. The number of hydrogen-bond acceptors (Lipinski definition) is 4. The van der Waals surface area contributed by atoms with Gasteiger partial charge in [-0.3, -0.25) is 9.69 Å². The third-order valence-electron chi connectivity index (χ3n) is 4.42. The van der Waals surface area contributed by atoms with Gasteiger partial charge in [0.2, 0.25) is 5.91 Å². The van der Waals surface area contributed by atoms with Crippen molar-refractivity contribution in [3.63, 3.8) is 0 Å². The van der Waals surface area contributed by atoms with Gasteiger partial charge in [-0.25, -0.2) is 0 Å². The Morgan fingerprint density at radius 3 is 2.95 bits per heavy atom. The van der Waals surface area contributed by atoms with E-state index < -0.39 is 0 Å². The van der Waals surface area contributed by atoms with E-state index in [-0.39, 0.29) is 11.9 Å². The van der Waals surface area contributed by atoms with E-state index >= 15 is 0 Å². The van der Waals surface area contributed by atoms with Crippen molar-refractivity contribution in [1.82, 2.24) is 9.80 Å². The van der Waals surface area contributed by atoms with Crippen molar-refractivity contribution >= 4 is 17.7 Å². The minimum atomic E-state index is -0.315. The van der Waals surface area contributed by atoms with Gasteiger partial charge < -0.3 is 10.6 Å². The number of hydrogen-bond donors (Lipinski definition) is 1. The molecular formula is C14H27N3OS. The molecule has 2 rings (SSSR count). The van der Waals surface area contributed by atoms with Crippen molar-refractivity contribution in [2.24, 2.45) is 5.73 Å². The summed E-state index contributed by atoms with van der Waals surface area (Å²) in [6, 6.07) is 0.564. The van der Waals surface area contributed by atoms with Gasteiger partial charge in [-0.15, -0.1) is 0 Å². The number of nitrogens with zero attached hydrogens (tertiary/aromatic N) is 2. The van der Waals surface area contributed by atoms with Crippen LogP contribution in [0.1, 0.15) is 32.6 Å². The van der Waals surface area contributed by atoms with Crippen LogP contribution in [0.3, 0.4) is 0 Å². The predicted octanol–water partition coefficient (Wildman–Crippen LogP) is 1.15. The maximum Gasteiger partial charge on any atom is 0.239 e. The van der Waals surface area contributed by atoms with E-state index in [1.54, 1.807) is 11.8 Å². The van der Waals surface area contributed by atoms with Crippen molar-refractivity contribution < 1.29 is 4.79 Å². The van der Waals surface area contributed by atoms with Gasteiger partial charge in [0.1, 0.15) is 0 Å². The number of piperidine rings is 1. The van der Waals surface area contributed by atoms with Gasteiger partial charge in [0.05, 0.1) is 6.04 Å². The number of nitrogens with two attached hydrogens (primary N) is 1. The molecule has 5 heteroatoms. The molecular weight excluding hydrogens is 258 g/mol. The summed E-state index contributed by atoms with van der Waals surface area (Å²) in [5.41, 5.74) is 6.05. The largest absolute Gasteiger partial charge is 0.336 e. The molecule has 2 heterocycles. The van der Waals surface area contributed by atoms with Crippen molar-refractivity contribution in [2.45, 2.75) is 50.7 Å². The van der Waals surface area contributed by atoms with E-state index in [4.69, 9.17) is 5.73 Å². The molecule has 2 unspecified atom stereocenters. The first-order valence-corrected chi connectivity index (χ1v) is 8.82. The highest BCUT2D eigenvalue weighted by Crippen LogP contribution is 2.24. The lowest BCUT2D eigenvalue weighted by molar-refractivity contribution is -0.139. The highest BCUT2D eigenvalue weighted by Gasteiger charge is 2.36. The summed E-state index contributed by atoms with van der Waals surface area (Å²) in [5.74, 6) is 1.12. The Balaban J connectivity index is 1.93. The molecule has 2 aliphatic heterocycles. The van der Waals surface area contributed by atoms with Crippen LogP contribution in [0, 0.1) is 0 Å². The van der Waals surface area contributed by atoms with Gasteiger partial charge in [-0.1, -0.05) is 6.42 Å². The van der Waals surface area contributed by atoms with Crippen LogP contribution in [0.4, 0.5) is 0 Å². The third kappa shape index (κ3) is 3.64. The zero-order chi connectivity index (χ0) is 13.8. The van der Waals surface area contributed by atoms with Gasteiger partial charge in [-0.2, -0.15) is 11.8 Å². The van der Waals surface area contributed by atoms with Gasteiger partial charge in [0.15, 0.2) is 0 Å². The first-order chi connectivity index (χ1) is 9.13. The van der Waals surface area contributed by atoms with Crippen LogP contribution in [0.15, 0.2) is 0 Å². The number of rotatable bonds is 4. The van der Waals surface area contributed by atoms with Gasteiger partial charge >= 0.3 is 0 Å². The summed E-state index contributed by atoms with van der Waals surface area (Å²) < 4.78 is 0. The number of amides is 1. The fourth-order valence-electron chi connectivity index (χ4n) is 3.24. The molecule has 0 saturated carbocycles. The molecule has 2 aliphatic rings. The SMILES string of the molecule is CSCC[C@H](N)C(=O)N1CC2CCCCN2CC1C. The molecule has 2 saturated heterocycles. The van der Waals surface area contributed by atoms with Gasteiger partial charge in [0.25, 0.3) is 0 Å². The summed E-state index contributed by atoms with van der Waals surface area (Å²) in [6.45, 7) is 5.26. The first-order valence-electron chi connectivity index (χ1n) is 7.42. The second kappa shape index (κ2) is 6.95. The summed E-state index contributed by atoms with van der Waals surface area (Å²) in [4.78, 5) is 17.1. The lowest BCUT2D eigenvalue weighted by Gasteiger charge is -2.48. The smallest absolute Gasteiger partial charge is 0.239 e. The standard InChI is InChI=1S/C14H27N3OS/c1-11-9-16-7-4-3-5-12(16)10-17(11)14(18)13(15)6-8-19-2/h11-13H,3-10,15H2,1-2H3/t11?,12?,13-/m0/s1. The van der Waals surface area contributed by atoms with Crippen LogP contribution < -0.4 is 5.73 Å². The molecule has 4 nitrogen and oxygen atoms in total. The van der Waals surface area contributed by atoms with Crippen molar-refractivity contribution in [2.75, 3.05) is 31.6 Å². The second-order valence-corrected chi connectivity index (χ2v) is 6.86. The Bertz CT molecular complexity index is 313. The normalized spacial score (nSPS) is 29.9. The molecule has 19 heavy (non-hydrogen) atoms. The van der Waals surface area contributed by atoms with E-state index in [9.17, 15) is 4.79 Å². The van der Waals surface area contributed by atoms with Crippen LogP contribution >= 0.6 is 11.8 Å². The first kappa shape index (κ1) is 15.1. The van der Waals surface area contributed by atoms with Crippen molar-refractivity contribution in [3.8, 4) is 0 Å². The molecule has 110 valence electrons. The Morgan fingerprint density at radius 1 is 1.42 bits per heavy atom. The Labute approximate surface area is 121 Å². The monoisotopic (exact) mass is 285 g/mol. The minimum Gasteiger partial charge on any atom is -0.336 e. The van der Waals surface area contributed by atoms with Crippen LogP contribution in [0.5, 0.6) is 0 Å². The lowest BCUT2D eigenvalue weighted by Crippen LogP contribution is -2.62. The fourth-order valence-corrected chi connectivity index (χ4v) is 3.73. The molecule has 0 spiro atoms. The van der Waals surface area contributed by atoms with Crippen LogP contribution in [0.25, 0.3) is 0 Å². The zero-order valence-electron chi connectivity index (χ0n) is 12.2. The lowest BCUT2D eigenvalue weighted by atomic mass is 9.96. The highest BCUT2D eigenvalue weighted by atomic mass is 32.2. The summed E-state index contributed by atoms with van der Waals surface area (Å²) >= 11 is 1.75. The number of piperazine rings is 1. The number of carbonyl (C=O) groups excluding carboxylic acids is 1. The van der Waals surface area contributed by atoms with E-state index in [0.717, 1.165) is 25.3 Å². The molecule has 2 fully saturated rings. The number of fused-ring (bicyclic) bond motifs is 1. The third-order valence-corrected chi connectivity index (χ3v) is 5.06. The Kier molecular flexibility index (Phi) is 5.54. The Hall–Kier alpha value is -0.260. The average molecular weight is 285 g/mol. The molecule has 2 N–H and O–H groups in total. The number of thioether (sulfide) groups is 1. The maximum atomic E-state index is 12.5. The average Bonchev–Trinajstić information content (AvgIpc) is 2.43. The molecule has 0 aliphatic carbocycles. The quantitative estimate of drug-likeness (QED) is 0.842. The van der Waals surface area contributed by atoms with Gasteiger partial charge in [-0.05, 0) is 44.7 Å². The molecule has 0 aromatic rings. The van der Waals surface area contributed by atoms with E-state index in [2.05, 4.69) is 18.1 Å². The molecule has 1 amide bonds. The molecule has 0 aromatic carbocycles. The predicted molar refractivity (Wildman–Crippen MR) is 81.4 cm³/mol. The number of carbonyl (C=O) groups is 1. The molecule has 0 aromatic heterocycles. The van der Waals surface area contributed by atoms with Crippen LogP contribution in [-0.4, -0.2) is 65.5 Å². The summed E-state index contributed by atoms with van der Waals surface area (Å²) in [5, 5.41) is 0. The highest BCUT2D eigenvalue weighted by molar-refractivity contribution is 7.98. The minimum absolute atomic E-state index is 0.159. The van der Waals surface area contributed by atoms with Crippen LogP contribution in [0.2, 0.25) is 0 Å².